The number of likely N-dealkylation sites (tertiary alicyclic amines) is 1. The maximum Gasteiger partial charge on any atom is 0.254 e. The normalized spacial score (nSPS) is 18.9. The molecule has 0 unspecified atom stereocenters. The first-order valence-corrected chi connectivity index (χ1v) is 12.5. The van der Waals surface area contributed by atoms with Gasteiger partial charge in [0, 0.05) is 48.6 Å². The number of thiophene rings is 1. The summed E-state index contributed by atoms with van der Waals surface area (Å²) in [5.41, 5.74) is 4.84. The van der Waals surface area contributed by atoms with E-state index in [9.17, 15) is 4.79 Å². The SMILES string of the molecule is Cc1ccc([C@@H]2CN(Cc3sccc3C)C[C@@H]2CN(C(=O)c2ccccc2)C(C)C)cc1. The molecule has 1 aliphatic rings. The van der Waals surface area contributed by atoms with E-state index < -0.39 is 0 Å². The molecule has 4 rings (SSSR count). The highest BCUT2D eigenvalue weighted by Gasteiger charge is 2.36. The van der Waals surface area contributed by atoms with Crippen LogP contribution in [-0.4, -0.2) is 41.4 Å². The first-order valence-electron chi connectivity index (χ1n) is 11.6. The Labute approximate surface area is 196 Å². The lowest BCUT2D eigenvalue weighted by Gasteiger charge is -2.32. The van der Waals surface area contributed by atoms with Crippen molar-refractivity contribution in [3.05, 3.63) is 93.2 Å². The van der Waals surface area contributed by atoms with E-state index in [1.807, 2.05) is 41.7 Å². The summed E-state index contributed by atoms with van der Waals surface area (Å²) >= 11 is 1.85. The van der Waals surface area contributed by atoms with E-state index in [-0.39, 0.29) is 11.9 Å². The summed E-state index contributed by atoms with van der Waals surface area (Å²) in [4.78, 5) is 19.5. The third kappa shape index (κ3) is 5.13. The van der Waals surface area contributed by atoms with E-state index in [2.05, 4.69) is 73.2 Å². The van der Waals surface area contributed by atoms with Crippen LogP contribution in [0.5, 0.6) is 0 Å². The molecule has 2 atom stereocenters. The van der Waals surface area contributed by atoms with Crippen LogP contribution in [0.1, 0.15) is 51.7 Å². The minimum absolute atomic E-state index is 0.135. The van der Waals surface area contributed by atoms with Crippen molar-refractivity contribution in [2.75, 3.05) is 19.6 Å². The number of carbonyl (C=O) groups excluding carboxylic acids is 1. The van der Waals surface area contributed by atoms with E-state index in [1.54, 1.807) is 0 Å². The fourth-order valence-corrected chi connectivity index (χ4v) is 5.71. The van der Waals surface area contributed by atoms with Gasteiger partial charge in [0.05, 0.1) is 0 Å². The molecule has 0 aliphatic carbocycles. The highest BCUT2D eigenvalue weighted by atomic mass is 32.1. The Balaban J connectivity index is 1.58. The number of aryl methyl sites for hydroxylation is 2. The van der Waals surface area contributed by atoms with Crippen molar-refractivity contribution in [3.63, 3.8) is 0 Å². The summed E-state index contributed by atoms with van der Waals surface area (Å²) in [7, 11) is 0. The maximum absolute atomic E-state index is 13.4. The Kier molecular flexibility index (Phi) is 7.12. The quantitative estimate of drug-likeness (QED) is 0.436. The molecule has 32 heavy (non-hydrogen) atoms. The van der Waals surface area contributed by atoms with Gasteiger partial charge in [0.15, 0.2) is 0 Å². The van der Waals surface area contributed by atoms with Crippen LogP contribution in [0.15, 0.2) is 66.0 Å². The van der Waals surface area contributed by atoms with Crippen LogP contribution in [0.25, 0.3) is 0 Å². The topological polar surface area (TPSA) is 23.6 Å². The second-order valence-corrected chi connectivity index (χ2v) is 10.4. The van der Waals surface area contributed by atoms with Crippen molar-refractivity contribution in [1.29, 1.82) is 0 Å². The molecule has 2 heterocycles. The van der Waals surface area contributed by atoms with Gasteiger partial charge in [-0.3, -0.25) is 9.69 Å². The number of benzene rings is 2. The fourth-order valence-electron chi connectivity index (χ4n) is 4.76. The van der Waals surface area contributed by atoms with Crippen molar-refractivity contribution < 1.29 is 4.79 Å². The summed E-state index contributed by atoms with van der Waals surface area (Å²) < 4.78 is 0. The predicted molar refractivity (Wildman–Crippen MR) is 134 cm³/mol. The average Bonchev–Trinajstić information content (AvgIpc) is 3.38. The number of carbonyl (C=O) groups is 1. The number of hydrogen-bond acceptors (Lipinski definition) is 3. The van der Waals surface area contributed by atoms with Gasteiger partial charge in [-0.15, -0.1) is 11.3 Å². The van der Waals surface area contributed by atoms with Crippen LogP contribution in [-0.2, 0) is 6.54 Å². The maximum atomic E-state index is 13.4. The van der Waals surface area contributed by atoms with E-state index >= 15 is 0 Å². The highest BCUT2D eigenvalue weighted by molar-refractivity contribution is 7.10. The molecule has 0 radical (unpaired) electrons. The van der Waals surface area contributed by atoms with Gasteiger partial charge in [0.2, 0.25) is 0 Å². The van der Waals surface area contributed by atoms with E-state index in [0.29, 0.717) is 11.8 Å². The molecule has 0 N–H and O–H groups in total. The summed E-state index contributed by atoms with van der Waals surface area (Å²) in [6.07, 6.45) is 0. The number of rotatable bonds is 7. The third-order valence-corrected chi connectivity index (χ3v) is 7.70. The Morgan fingerprint density at radius 1 is 1.03 bits per heavy atom. The summed E-state index contributed by atoms with van der Waals surface area (Å²) in [5, 5.41) is 2.19. The molecular weight excluding hydrogens is 412 g/mol. The molecule has 3 nitrogen and oxygen atoms in total. The second-order valence-electron chi connectivity index (χ2n) is 9.42. The van der Waals surface area contributed by atoms with Gasteiger partial charge in [-0.1, -0.05) is 48.0 Å². The van der Waals surface area contributed by atoms with Crippen molar-refractivity contribution in [3.8, 4) is 0 Å². The zero-order valence-corrected chi connectivity index (χ0v) is 20.4. The predicted octanol–water partition coefficient (Wildman–Crippen LogP) is 6.13. The van der Waals surface area contributed by atoms with Crippen LogP contribution >= 0.6 is 11.3 Å². The Hall–Kier alpha value is -2.43. The Morgan fingerprint density at radius 3 is 2.38 bits per heavy atom. The fraction of sp³-hybridized carbons (Fsp3) is 0.393. The molecule has 1 amide bonds. The van der Waals surface area contributed by atoms with Crippen LogP contribution in [0.4, 0.5) is 0 Å². The highest BCUT2D eigenvalue weighted by Crippen LogP contribution is 2.35. The molecule has 2 aromatic carbocycles. The molecule has 0 saturated carbocycles. The summed E-state index contributed by atoms with van der Waals surface area (Å²) in [6, 6.07) is 21.1. The molecule has 0 spiro atoms. The van der Waals surface area contributed by atoms with Gasteiger partial charge in [-0.05, 0) is 68.3 Å². The molecule has 1 fully saturated rings. The van der Waals surface area contributed by atoms with E-state index in [1.165, 1.54) is 21.6 Å². The number of hydrogen-bond donors (Lipinski definition) is 0. The van der Waals surface area contributed by atoms with E-state index in [4.69, 9.17) is 0 Å². The van der Waals surface area contributed by atoms with Crippen LogP contribution in [0, 0.1) is 19.8 Å². The lowest BCUT2D eigenvalue weighted by Crippen LogP contribution is -2.42. The number of nitrogens with zero attached hydrogens (tertiary/aromatic N) is 2. The molecule has 168 valence electrons. The van der Waals surface area contributed by atoms with Gasteiger partial charge in [0.25, 0.3) is 5.91 Å². The van der Waals surface area contributed by atoms with Gasteiger partial charge >= 0.3 is 0 Å². The lowest BCUT2D eigenvalue weighted by molar-refractivity contribution is 0.0668. The summed E-state index contributed by atoms with van der Waals surface area (Å²) in [6.45, 7) is 12.4. The molecule has 1 aliphatic heterocycles. The second kappa shape index (κ2) is 10.0. The van der Waals surface area contributed by atoms with Crippen LogP contribution in [0.2, 0.25) is 0 Å². The smallest absolute Gasteiger partial charge is 0.254 e. The van der Waals surface area contributed by atoms with Crippen LogP contribution < -0.4 is 0 Å². The molecule has 1 saturated heterocycles. The molecule has 4 heteroatoms. The molecule has 3 aromatic rings. The van der Waals surface area contributed by atoms with E-state index in [0.717, 1.165) is 31.7 Å². The molecular formula is C28H34N2OS. The monoisotopic (exact) mass is 446 g/mol. The molecule has 0 bridgehead atoms. The summed E-state index contributed by atoms with van der Waals surface area (Å²) in [5.74, 6) is 0.976. The lowest BCUT2D eigenvalue weighted by atomic mass is 9.88. The zero-order chi connectivity index (χ0) is 22.7. The first-order chi connectivity index (χ1) is 15.4. The average molecular weight is 447 g/mol. The van der Waals surface area contributed by atoms with Gasteiger partial charge < -0.3 is 4.90 Å². The zero-order valence-electron chi connectivity index (χ0n) is 19.6. The van der Waals surface area contributed by atoms with Gasteiger partial charge in [-0.2, -0.15) is 0 Å². The number of amides is 1. The third-order valence-electron chi connectivity index (χ3n) is 6.69. The van der Waals surface area contributed by atoms with Crippen molar-refractivity contribution >= 4 is 17.2 Å². The van der Waals surface area contributed by atoms with Crippen LogP contribution in [0.3, 0.4) is 0 Å². The molecule has 1 aromatic heterocycles. The largest absolute Gasteiger partial charge is 0.336 e. The van der Waals surface area contributed by atoms with Gasteiger partial charge in [-0.25, -0.2) is 0 Å². The Morgan fingerprint density at radius 2 is 1.75 bits per heavy atom. The minimum Gasteiger partial charge on any atom is -0.336 e. The van der Waals surface area contributed by atoms with Gasteiger partial charge in [0.1, 0.15) is 0 Å². The van der Waals surface area contributed by atoms with Crippen molar-refractivity contribution in [2.24, 2.45) is 5.92 Å². The minimum atomic E-state index is 0.135. The standard InChI is InChI=1S/C28H34N2OS/c1-20(2)30(28(31)24-8-6-5-7-9-24)17-25-16-29(19-27-22(4)14-15-32-27)18-26(25)23-12-10-21(3)11-13-23/h5-15,20,25-26H,16-19H2,1-4H3/t25-,26+/m1/s1. The van der Waals surface area contributed by atoms with Crippen molar-refractivity contribution in [1.82, 2.24) is 9.80 Å². The van der Waals surface area contributed by atoms with Crippen molar-refractivity contribution in [2.45, 2.75) is 46.2 Å². The Bertz CT molecular complexity index is 1030. The first kappa shape index (κ1) is 22.8.